The van der Waals surface area contributed by atoms with Gasteiger partial charge in [-0.2, -0.15) is 0 Å². The highest BCUT2D eigenvalue weighted by atomic mass is 16.1. The number of aryl methyl sites for hydroxylation is 1. The Morgan fingerprint density at radius 2 is 1.88 bits per heavy atom. The van der Waals surface area contributed by atoms with Gasteiger partial charge in [-0.1, -0.05) is 36.9 Å². The Hall–Kier alpha value is -1.63. The molecule has 1 aliphatic rings. The molecule has 0 bridgehead atoms. The topological polar surface area (TPSA) is 17.1 Å². The molecule has 2 rings (SSSR count). The van der Waals surface area contributed by atoms with E-state index in [1.54, 1.807) is 0 Å². The Kier molecular flexibility index (Phi) is 3.04. The second kappa shape index (κ2) is 4.48. The van der Waals surface area contributed by atoms with Gasteiger partial charge in [0.25, 0.3) is 0 Å². The molecule has 1 heteroatoms. The summed E-state index contributed by atoms with van der Waals surface area (Å²) in [5.74, 6) is 0.262. The van der Waals surface area contributed by atoms with Gasteiger partial charge in [-0.05, 0) is 42.0 Å². The van der Waals surface area contributed by atoms with E-state index in [-0.39, 0.29) is 5.78 Å². The molecule has 0 aromatic heterocycles. The van der Waals surface area contributed by atoms with Crippen LogP contribution in [0.25, 0.3) is 0 Å². The molecule has 0 heterocycles. The number of hydrogen-bond donors (Lipinski definition) is 0. The molecule has 0 fully saturated rings. The molecule has 0 saturated carbocycles. The first-order chi connectivity index (χ1) is 7.68. The molecule has 0 spiro atoms. The lowest BCUT2D eigenvalue weighted by Gasteiger charge is -2.03. The van der Waals surface area contributed by atoms with Crippen molar-refractivity contribution in [2.45, 2.75) is 26.2 Å². The van der Waals surface area contributed by atoms with E-state index in [9.17, 15) is 4.79 Å². The van der Waals surface area contributed by atoms with Crippen molar-refractivity contribution in [3.05, 3.63) is 59.2 Å². The van der Waals surface area contributed by atoms with Crippen molar-refractivity contribution in [3.8, 4) is 0 Å². The minimum Gasteiger partial charge on any atom is -0.294 e. The molecule has 1 aromatic carbocycles. The molecule has 0 aliphatic heterocycles. The van der Waals surface area contributed by atoms with E-state index in [1.807, 2.05) is 25.1 Å². The molecule has 82 valence electrons. The number of rotatable bonds is 3. The third kappa shape index (κ3) is 2.13. The summed E-state index contributed by atoms with van der Waals surface area (Å²) in [4.78, 5) is 11.7. The van der Waals surface area contributed by atoms with Gasteiger partial charge in [0, 0.05) is 6.42 Å². The fourth-order valence-electron chi connectivity index (χ4n) is 2.10. The molecular formula is C15H16O. The zero-order chi connectivity index (χ0) is 11.5. The third-order valence-corrected chi connectivity index (χ3v) is 3.20. The highest BCUT2D eigenvalue weighted by Gasteiger charge is 2.22. The maximum Gasteiger partial charge on any atom is 0.163 e. The first-order valence-corrected chi connectivity index (χ1v) is 5.63. The predicted octanol–water partition coefficient (Wildman–Crippen LogP) is 3.46. The van der Waals surface area contributed by atoms with Crippen molar-refractivity contribution in [3.63, 3.8) is 0 Å². The maximum absolute atomic E-state index is 11.7. The van der Waals surface area contributed by atoms with Crippen LogP contribution in [0.2, 0.25) is 0 Å². The van der Waals surface area contributed by atoms with E-state index in [4.69, 9.17) is 0 Å². The van der Waals surface area contributed by atoms with Gasteiger partial charge in [0.05, 0.1) is 0 Å². The molecule has 1 aliphatic carbocycles. The summed E-state index contributed by atoms with van der Waals surface area (Å²) in [5, 5.41) is 0. The number of hydrogen-bond acceptors (Lipinski definition) is 1. The molecule has 1 aromatic rings. The molecule has 0 atom stereocenters. The summed E-state index contributed by atoms with van der Waals surface area (Å²) in [6, 6.07) is 10.3. The summed E-state index contributed by atoms with van der Waals surface area (Å²) >= 11 is 0. The van der Waals surface area contributed by atoms with Crippen molar-refractivity contribution in [1.29, 1.82) is 0 Å². The lowest BCUT2D eigenvalue weighted by atomic mass is 10.0. The van der Waals surface area contributed by atoms with Crippen LogP contribution in [0, 0.1) is 0 Å². The standard InChI is InChI=1S/C15H16O/c1-11-10-15(16)14(12(11)2)9-8-13-6-4-3-5-7-13/h3-7H,1,8-10H2,2H3. The minimum atomic E-state index is 0.262. The Labute approximate surface area is 96.5 Å². The highest BCUT2D eigenvalue weighted by Crippen LogP contribution is 2.29. The second-order valence-corrected chi connectivity index (χ2v) is 4.29. The van der Waals surface area contributed by atoms with Crippen molar-refractivity contribution in [2.24, 2.45) is 0 Å². The van der Waals surface area contributed by atoms with E-state index in [0.29, 0.717) is 6.42 Å². The van der Waals surface area contributed by atoms with Crippen molar-refractivity contribution >= 4 is 5.78 Å². The van der Waals surface area contributed by atoms with Crippen molar-refractivity contribution < 1.29 is 4.79 Å². The lowest BCUT2D eigenvalue weighted by molar-refractivity contribution is -0.114. The molecule has 16 heavy (non-hydrogen) atoms. The Bertz CT molecular complexity index is 452. The largest absolute Gasteiger partial charge is 0.294 e. The molecule has 0 saturated heterocycles. The van der Waals surface area contributed by atoms with Gasteiger partial charge in [0.2, 0.25) is 0 Å². The van der Waals surface area contributed by atoms with E-state index in [0.717, 1.165) is 29.6 Å². The summed E-state index contributed by atoms with van der Waals surface area (Å²) in [6.07, 6.45) is 2.30. The van der Waals surface area contributed by atoms with Crippen molar-refractivity contribution in [1.82, 2.24) is 0 Å². The Morgan fingerprint density at radius 3 is 2.44 bits per heavy atom. The van der Waals surface area contributed by atoms with Gasteiger partial charge in [0.15, 0.2) is 5.78 Å². The second-order valence-electron chi connectivity index (χ2n) is 4.29. The van der Waals surface area contributed by atoms with Gasteiger partial charge in [-0.25, -0.2) is 0 Å². The first-order valence-electron chi connectivity index (χ1n) is 5.63. The van der Waals surface area contributed by atoms with E-state index >= 15 is 0 Å². The quantitative estimate of drug-likeness (QED) is 0.749. The molecule has 1 nitrogen and oxygen atoms in total. The van der Waals surface area contributed by atoms with Crippen LogP contribution < -0.4 is 0 Å². The number of Topliss-reactive ketones (excluding diaryl/α,β-unsaturated/α-hetero) is 1. The lowest BCUT2D eigenvalue weighted by Crippen LogP contribution is -1.98. The molecule has 0 N–H and O–H groups in total. The van der Waals surface area contributed by atoms with Gasteiger partial charge >= 0.3 is 0 Å². The zero-order valence-electron chi connectivity index (χ0n) is 9.62. The SMILES string of the molecule is C=C1CC(=O)C(CCc2ccccc2)=C1C. The van der Waals surface area contributed by atoms with Crippen LogP contribution in [0.5, 0.6) is 0 Å². The monoisotopic (exact) mass is 212 g/mol. The average molecular weight is 212 g/mol. The van der Waals surface area contributed by atoms with Gasteiger partial charge in [-0.15, -0.1) is 0 Å². The Morgan fingerprint density at radius 1 is 1.19 bits per heavy atom. The van der Waals surface area contributed by atoms with Crippen LogP contribution in [0.15, 0.2) is 53.6 Å². The van der Waals surface area contributed by atoms with Crippen LogP contribution in [0.3, 0.4) is 0 Å². The summed E-state index contributed by atoms with van der Waals surface area (Å²) in [7, 11) is 0. The average Bonchev–Trinajstić information content (AvgIpc) is 2.53. The number of carbonyl (C=O) groups excluding carboxylic acids is 1. The summed E-state index contributed by atoms with van der Waals surface area (Å²) in [5.41, 5.74) is 4.37. The van der Waals surface area contributed by atoms with Gasteiger partial charge < -0.3 is 0 Å². The summed E-state index contributed by atoms with van der Waals surface area (Å²) in [6.45, 7) is 5.92. The first kappa shape index (κ1) is 10.9. The molecule has 0 radical (unpaired) electrons. The van der Waals surface area contributed by atoms with Crippen LogP contribution in [-0.2, 0) is 11.2 Å². The fourth-order valence-corrected chi connectivity index (χ4v) is 2.10. The van der Waals surface area contributed by atoms with E-state index in [1.165, 1.54) is 5.56 Å². The molecular weight excluding hydrogens is 196 g/mol. The minimum absolute atomic E-state index is 0.262. The highest BCUT2D eigenvalue weighted by molar-refractivity contribution is 6.02. The molecule has 0 amide bonds. The van der Waals surface area contributed by atoms with Gasteiger partial charge in [0.1, 0.15) is 0 Å². The van der Waals surface area contributed by atoms with Crippen LogP contribution in [0.4, 0.5) is 0 Å². The van der Waals surface area contributed by atoms with E-state index < -0.39 is 0 Å². The zero-order valence-corrected chi connectivity index (χ0v) is 9.62. The van der Waals surface area contributed by atoms with E-state index in [2.05, 4.69) is 18.7 Å². The normalized spacial score (nSPS) is 16.1. The van der Waals surface area contributed by atoms with Crippen LogP contribution >= 0.6 is 0 Å². The van der Waals surface area contributed by atoms with Gasteiger partial charge in [-0.3, -0.25) is 4.79 Å². The smallest absolute Gasteiger partial charge is 0.163 e. The number of allylic oxidation sites excluding steroid dienone is 3. The number of carbonyl (C=O) groups is 1. The maximum atomic E-state index is 11.7. The number of ketones is 1. The molecule has 0 unspecified atom stereocenters. The van der Waals surface area contributed by atoms with Crippen molar-refractivity contribution in [2.75, 3.05) is 0 Å². The predicted molar refractivity (Wildman–Crippen MR) is 66.2 cm³/mol. The van der Waals surface area contributed by atoms with Crippen LogP contribution in [0.1, 0.15) is 25.3 Å². The number of benzene rings is 1. The summed E-state index contributed by atoms with van der Waals surface area (Å²) < 4.78 is 0. The Balaban J connectivity index is 2.06. The van der Waals surface area contributed by atoms with Crippen LogP contribution in [-0.4, -0.2) is 5.78 Å². The third-order valence-electron chi connectivity index (χ3n) is 3.20. The fraction of sp³-hybridized carbons (Fsp3) is 0.267.